The van der Waals surface area contributed by atoms with E-state index >= 15 is 0 Å². The minimum Gasteiger partial charge on any atom is -0.496 e. The number of ether oxygens (including phenoxy) is 3. The second kappa shape index (κ2) is 12.9. The number of methoxy groups -OCH3 is 3. The number of nitrogens with zero attached hydrogens (tertiary/aromatic N) is 4. The smallest absolute Gasteiger partial charge is 0.270 e. The zero-order chi connectivity index (χ0) is 29.7. The fraction of sp³-hybridized carbons (Fsp3) is 0.333. The van der Waals surface area contributed by atoms with Crippen LogP contribution in [0, 0.1) is 16.0 Å². The van der Waals surface area contributed by atoms with E-state index in [1.165, 1.54) is 33.5 Å². The van der Waals surface area contributed by atoms with Gasteiger partial charge in [0, 0.05) is 24.2 Å². The highest BCUT2D eigenvalue weighted by atomic mass is 35.5. The van der Waals surface area contributed by atoms with Crippen LogP contribution in [0.3, 0.4) is 0 Å². The van der Waals surface area contributed by atoms with E-state index < -0.39 is 4.92 Å². The Balaban J connectivity index is 1.78. The second-order valence-electron chi connectivity index (χ2n) is 9.93. The van der Waals surface area contributed by atoms with Gasteiger partial charge < -0.3 is 23.7 Å². The van der Waals surface area contributed by atoms with E-state index in [1.807, 2.05) is 28.8 Å². The number of nitro groups is 1. The lowest BCUT2D eigenvalue weighted by Crippen LogP contribution is -2.33. The summed E-state index contributed by atoms with van der Waals surface area (Å²) in [5.41, 5.74) is 2.44. The van der Waals surface area contributed by atoms with Gasteiger partial charge in [0.25, 0.3) is 11.6 Å². The van der Waals surface area contributed by atoms with Crippen molar-refractivity contribution in [3.05, 3.63) is 86.7 Å². The molecule has 0 spiro atoms. The molecule has 216 valence electrons. The summed E-state index contributed by atoms with van der Waals surface area (Å²) in [7, 11) is 4.50. The summed E-state index contributed by atoms with van der Waals surface area (Å²) in [5.74, 6) is 1.92. The number of fused-ring (bicyclic) bond motifs is 1. The highest BCUT2D eigenvalue weighted by Crippen LogP contribution is 2.38. The molecule has 0 bridgehead atoms. The number of aromatic nitrogens is 2. The number of rotatable bonds is 12. The Bertz CT molecular complexity index is 1570. The van der Waals surface area contributed by atoms with Crippen molar-refractivity contribution < 1.29 is 23.9 Å². The van der Waals surface area contributed by atoms with Crippen LogP contribution in [-0.4, -0.2) is 53.2 Å². The first-order chi connectivity index (χ1) is 19.7. The van der Waals surface area contributed by atoms with Gasteiger partial charge in [-0.25, -0.2) is 4.98 Å². The van der Waals surface area contributed by atoms with E-state index in [9.17, 15) is 14.9 Å². The maximum Gasteiger partial charge on any atom is 0.270 e. The molecule has 0 unspecified atom stereocenters. The zero-order valence-corrected chi connectivity index (χ0v) is 24.5. The van der Waals surface area contributed by atoms with Crippen molar-refractivity contribution in [2.75, 3.05) is 27.9 Å². The largest absolute Gasteiger partial charge is 0.496 e. The lowest BCUT2D eigenvalue weighted by atomic mass is 10.1. The zero-order valence-electron chi connectivity index (χ0n) is 23.7. The van der Waals surface area contributed by atoms with Crippen molar-refractivity contribution in [2.24, 2.45) is 5.92 Å². The first-order valence-corrected chi connectivity index (χ1v) is 13.5. The lowest BCUT2D eigenvalue weighted by Gasteiger charge is -2.25. The van der Waals surface area contributed by atoms with E-state index in [4.69, 9.17) is 30.8 Å². The lowest BCUT2D eigenvalue weighted by molar-refractivity contribution is -0.384. The monoisotopic (exact) mass is 580 g/mol. The van der Waals surface area contributed by atoms with Gasteiger partial charge in [0.1, 0.15) is 11.6 Å². The molecule has 0 saturated carbocycles. The summed E-state index contributed by atoms with van der Waals surface area (Å²) in [5, 5.41) is 11.7. The first-order valence-electron chi connectivity index (χ1n) is 13.1. The average molecular weight is 581 g/mol. The number of imidazole rings is 1. The summed E-state index contributed by atoms with van der Waals surface area (Å²) >= 11 is 6.63. The third-order valence-corrected chi connectivity index (χ3v) is 7.22. The van der Waals surface area contributed by atoms with Crippen molar-refractivity contribution in [3.8, 4) is 17.2 Å². The van der Waals surface area contributed by atoms with Crippen LogP contribution in [-0.2, 0) is 13.1 Å². The molecular formula is C30H33ClN4O6. The topological polar surface area (TPSA) is 109 Å². The molecule has 0 aliphatic carbocycles. The van der Waals surface area contributed by atoms with Crippen molar-refractivity contribution in [2.45, 2.75) is 33.4 Å². The molecule has 0 fully saturated rings. The summed E-state index contributed by atoms with van der Waals surface area (Å²) in [4.78, 5) is 31.6. The molecule has 0 aliphatic heterocycles. The molecule has 0 saturated heterocycles. The first kappa shape index (κ1) is 29.7. The highest BCUT2D eigenvalue weighted by Gasteiger charge is 2.25. The van der Waals surface area contributed by atoms with E-state index in [2.05, 4.69) is 13.8 Å². The number of benzene rings is 3. The minimum atomic E-state index is -0.435. The number of non-ortho nitro benzene ring substituents is 1. The van der Waals surface area contributed by atoms with Gasteiger partial charge in [-0.05, 0) is 42.7 Å². The van der Waals surface area contributed by atoms with Crippen LogP contribution in [0.5, 0.6) is 17.2 Å². The number of carbonyl (C=O) groups excluding carboxylic acids is 1. The van der Waals surface area contributed by atoms with Crippen molar-refractivity contribution in [1.82, 2.24) is 14.5 Å². The van der Waals surface area contributed by atoms with Gasteiger partial charge in [0.15, 0.2) is 11.5 Å². The van der Waals surface area contributed by atoms with Gasteiger partial charge in [-0.3, -0.25) is 14.9 Å². The van der Waals surface area contributed by atoms with Gasteiger partial charge in [0.2, 0.25) is 0 Å². The Kier molecular flexibility index (Phi) is 9.34. The molecule has 1 amide bonds. The van der Waals surface area contributed by atoms with E-state index in [0.717, 1.165) is 17.5 Å². The maximum atomic E-state index is 14.0. The molecular weight excluding hydrogens is 548 g/mol. The standard InChI is InChI=1S/C30H33ClN4O6/c1-19(2)14-15-33(30(36)22-11-13-26(40-4)29(41-5)28(22)31)18-27-32-23-8-6-7-9-24(23)34(27)17-20-16-21(35(37)38)10-12-25(20)39-3/h6-13,16,19H,14-15,17-18H2,1-5H3. The molecule has 0 atom stereocenters. The Hall–Kier alpha value is -4.31. The van der Waals surface area contributed by atoms with Crippen molar-refractivity contribution in [3.63, 3.8) is 0 Å². The molecule has 0 N–H and O–H groups in total. The van der Waals surface area contributed by atoms with Crippen LogP contribution in [0.1, 0.15) is 42.0 Å². The van der Waals surface area contributed by atoms with Crippen molar-refractivity contribution in [1.29, 1.82) is 0 Å². The number of amides is 1. The normalized spacial score (nSPS) is 11.1. The fourth-order valence-electron chi connectivity index (χ4n) is 4.66. The minimum absolute atomic E-state index is 0.0383. The van der Waals surface area contributed by atoms with E-state index in [1.54, 1.807) is 23.1 Å². The number of carbonyl (C=O) groups is 1. The third kappa shape index (κ3) is 6.38. The van der Waals surface area contributed by atoms with Gasteiger partial charge in [0.05, 0.1) is 61.0 Å². The fourth-order valence-corrected chi connectivity index (χ4v) is 4.97. The van der Waals surface area contributed by atoms with E-state index in [-0.39, 0.29) is 41.0 Å². The van der Waals surface area contributed by atoms with E-state index in [0.29, 0.717) is 35.3 Å². The maximum absolute atomic E-state index is 14.0. The molecule has 3 aromatic carbocycles. The molecule has 0 radical (unpaired) electrons. The van der Waals surface area contributed by atoms with Crippen LogP contribution in [0.15, 0.2) is 54.6 Å². The average Bonchev–Trinajstić information content (AvgIpc) is 3.30. The van der Waals surface area contributed by atoms with Crippen LogP contribution in [0.25, 0.3) is 11.0 Å². The molecule has 11 heteroatoms. The van der Waals surface area contributed by atoms with Crippen LogP contribution >= 0.6 is 11.6 Å². The number of hydrogen-bond acceptors (Lipinski definition) is 7. The van der Waals surface area contributed by atoms with Crippen LogP contribution in [0.2, 0.25) is 5.02 Å². The second-order valence-corrected chi connectivity index (χ2v) is 10.3. The molecule has 4 aromatic rings. The summed E-state index contributed by atoms with van der Waals surface area (Å²) in [6.07, 6.45) is 0.760. The Morgan fingerprint density at radius 3 is 2.41 bits per heavy atom. The molecule has 4 rings (SSSR count). The molecule has 41 heavy (non-hydrogen) atoms. The van der Waals surface area contributed by atoms with Gasteiger partial charge in [-0.1, -0.05) is 37.6 Å². The molecule has 10 nitrogen and oxygen atoms in total. The Labute approximate surface area is 243 Å². The summed E-state index contributed by atoms with van der Waals surface area (Å²) < 4.78 is 18.2. The van der Waals surface area contributed by atoms with Crippen molar-refractivity contribution >= 4 is 34.2 Å². The molecule has 1 aromatic heterocycles. The van der Waals surface area contributed by atoms with Gasteiger partial charge >= 0.3 is 0 Å². The Morgan fingerprint density at radius 2 is 1.76 bits per heavy atom. The number of halogens is 1. The highest BCUT2D eigenvalue weighted by molar-refractivity contribution is 6.35. The summed E-state index contributed by atoms with van der Waals surface area (Å²) in [6.45, 7) is 5.09. The molecule has 1 heterocycles. The Morgan fingerprint density at radius 1 is 1.05 bits per heavy atom. The SMILES string of the molecule is COc1ccc([N+](=O)[O-])cc1Cn1c(CN(CCC(C)C)C(=O)c2ccc(OC)c(OC)c2Cl)nc2ccccc21. The van der Waals surface area contributed by atoms with Crippen LogP contribution < -0.4 is 14.2 Å². The van der Waals surface area contributed by atoms with Gasteiger partial charge in [-0.15, -0.1) is 0 Å². The number of nitro benzene ring substituents is 1. The third-order valence-electron chi connectivity index (χ3n) is 6.85. The quantitative estimate of drug-likeness (QED) is 0.142. The van der Waals surface area contributed by atoms with Crippen LogP contribution in [0.4, 0.5) is 5.69 Å². The molecule has 0 aliphatic rings. The number of hydrogen-bond donors (Lipinski definition) is 0. The predicted molar refractivity (Wildman–Crippen MR) is 157 cm³/mol. The number of para-hydroxylation sites is 2. The predicted octanol–water partition coefficient (Wildman–Crippen LogP) is 6.36. The summed E-state index contributed by atoms with van der Waals surface area (Å²) in [6, 6.07) is 15.4. The van der Waals surface area contributed by atoms with Gasteiger partial charge in [-0.2, -0.15) is 0 Å².